The molecular formula is C17H23NO3. The number of unbranched alkanes of at least 4 members (excludes halogenated alkanes) is 1. The third-order valence-corrected chi connectivity index (χ3v) is 3.36. The van der Waals surface area contributed by atoms with Gasteiger partial charge in [-0.15, -0.1) is 0 Å². The Balaban J connectivity index is 3.01. The number of nitrogens with zero attached hydrogens (tertiary/aromatic N) is 1. The molecule has 0 atom stereocenters. The maximum absolute atomic E-state index is 12.6. The summed E-state index contributed by atoms with van der Waals surface area (Å²) >= 11 is 0. The number of carbonyl (C=O) groups excluding carboxylic acids is 1. The summed E-state index contributed by atoms with van der Waals surface area (Å²) in [5.41, 5.74) is 2.26. The highest BCUT2D eigenvalue weighted by Crippen LogP contribution is 2.15. The van der Waals surface area contributed by atoms with Gasteiger partial charge in [0.25, 0.3) is 5.91 Å². The average molecular weight is 289 g/mol. The minimum Gasteiger partial charge on any atom is -0.478 e. The van der Waals surface area contributed by atoms with Crippen LogP contribution in [0.3, 0.4) is 0 Å². The predicted octanol–water partition coefficient (Wildman–Crippen LogP) is 3.36. The van der Waals surface area contributed by atoms with E-state index in [0.29, 0.717) is 12.1 Å². The lowest BCUT2D eigenvalue weighted by Gasteiger charge is -2.21. The van der Waals surface area contributed by atoms with Gasteiger partial charge in [0, 0.05) is 24.7 Å². The lowest BCUT2D eigenvalue weighted by molar-refractivity contribution is -0.131. The topological polar surface area (TPSA) is 57.6 Å². The molecule has 4 heteroatoms. The smallest absolute Gasteiger partial charge is 0.328 e. The number of rotatable bonds is 7. The molecule has 4 nitrogen and oxygen atoms in total. The van der Waals surface area contributed by atoms with Crippen molar-refractivity contribution in [3.05, 3.63) is 41.0 Å². The molecule has 0 unspecified atom stereocenters. The zero-order valence-electron chi connectivity index (χ0n) is 12.9. The molecule has 1 N–H and O–H groups in total. The fourth-order valence-electron chi connectivity index (χ4n) is 2.06. The first-order chi connectivity index (χ1) is 9.99. The van der Waals surface area contributed by atoms with Crippen LogP contribution in [0.25, 0.3) is 6.08 Å². The van der Waals surface area contributed by atoms with Gasteiger partial charge in [0.1, 0.15) is 0 Å². The van der Waals surface area contributed by atoms with Crippen LogP contribution in [0.1, 0.15) is 48.2 Å². The number of aliphatic carboxylic acids is 1. The van der Waals surface area contributed by atoms with Gasteiger partial charge < -0.3 is 10.0 Å². The molecule has 21 heavy (non-hydrogen) atoms. The van der Waals surface area contributed by atoms with Crippen LogP contribution in [-0.4, -0.2) is 35.0 Å². The predicted molar refractivity (Wildman–Crippen MR) is 84.3 cm³/mol. The van der Waals surface area contributed by atoms with Crippen molar-refractivity contribution in [2.24, 2.45) is 0 Å². The zero-order valence-corrected chi connectivity index (χ0v) is 12.9. The van der Waals surface area contributed by atoms with Crippen molar-refractivity contribution in [1.82, 2.24) is 4.90 Å². The second-order valence-corrected chi connectivity index (χ2v) is 4.98. The van der Waals surface area contributed by atoms with Crippen LogP contribution in [-0.2, 0) is 4.79 Å². The van der Waals surface area contributed by atoms with Crippen LogP contribution >= 0.6 is 0 Å². The number of amides is 1. The Hall–Kier alpha value is -2.10. The fraction of sp³-hybridized carbons (Fsp3) is 0.412. The Morgan fingerprint density at radius 2 is 2.00 bits per heavy atom. The molecule has 0 fully saturated rings. The van der Waals surface area contributed by atoms with Gasteiger partial charge in [-0.1, -0.05) is 25.5 Å². The van der Waals surface area contributed by atoms with Crippen LogP contribution in [0.2, 0.25) is 0 Å². The molecule has 0 saturated heterocycles. The molecule has 1 amide bonds. The second kappa shape index (κ2) is 8.25. The van der Waals surface area contributed by atoms with E-state index < -0.39 is 5.97 Å². The molecular weight excluding hydrogens is 266 g/mol. The molecule has 0 saturated carbocycles. The zero-order chi connectivity index (χ0) is 15.8. The first kappa shape index (κ1) is 17.0. The highest BCUT2D eigenvalue weighted by atomic mass is 16.4. The van der Waals surface area contributed by atoms with E-state index >= 15 is 0 Å². The molecule has 1 aromatic rings. The first-order valence-electron chi connectivity index (χ1n) is 7.30. The van der Waals surface area contributed by atoms with Crippen molar-refractivity contribution in [3.8, 4) is 0 Å². The van der Waals surface area contributed by atoms with Crippen LogP contribution in [0, 0.1) is 6.92 Å². The Labute approximate surface area is 126 Å². The van der Waals surface area contributed by atoms with E-state index in [9.17, 15) is 9.59 Å². The first-order valence-corrected chi connectivity index (χ1v) is 7.30. The van der Waals surface area contributed by atoms with Gasteiger partial charge >= 0.3 is 5.97 Å². The highest BCUT2D eigenvalue weighted by molar-refractivity contribution is 5.96. The SMILES string of the molecule is CCCCN(CC)C(=O)c1cc(C=CC(=O)O)ccc1C. The number of aryl methyl sites for hydroxylation is 1. The quantitative estimate of drug-likeness (QED) is 0.783. The van der Waals surface area contributed by atoms with Gasteiger partial charge in [-0.25, -0.2) is 4.79 Å². The Bertz CT molecular complexity index is 535. The van der Waals surface area contributed by atoms with E-state index in [1.165, 1.54) is 6.08 Å². The minimum atomic E-state index is -0.999. The molecule has 0 heterocycles. The Morgan fingerprint density at radius 1 is 1.29 bits per heavy atom. The third kappa shape index (κ3) is 5.06. The minimum absolute atomic E-state index is 0.00836. The lowest BCUT2D eigenvalue weighted by atomic mass is 10.0. The van der Waals surface area contributed by atoms with Crippen molar-refractivity contribution in [1.29, 1.82) is 0 Å². The highest BCUT2D eigenvalue weighted by Gasteiger charge is 2.15. The summed E-state index contributed by atoms with van der Waals surface area (Å²) in [5.74, 6) is -0.990. The van der Waals surface area contributed by atoms with E-state index in [-0.39, 0.29) is 5.91 Å². The van der Waals surface area contributed by atoms with Crippen LogP contribution in [0.4, 0.5) is 0 Å². The Morgan fingerprint density at radius 3 is 2.57 bits per heavy atom. The molecule has 0 spiro atoms. The standard InChI is InChI=1S/C17H23NO3/c1-4-6-11-18(5-2)17(21)15-12-14(8-7-13(15)3)9-10-16(19)20/h7-10,12H,4-6,11H2,1-3H3,(H,19,20). The number of carbonyl (C=O) groups is 2. The monoisotopic (exact) mass is 289 g/mol. The summed E-state index contributed by atoms with van der Waals surface area (Å²) in [4.78, 5) is 25.0. The second-order valence-electron chi connectivity index (χ2n) is 4.98. The fourth-order valence-corrected chi connectivity index (χ4v) is 2.06. The molecule has 0 radical (unpaired) electrons. The molecule has 0 aliphatic carbocycles. The third-order valence-electron chi connectivity index (χ3n) is 3.36. The number of hydrogen-bond donors (Lipinski definition) is 1. The molecule has 1 rings (SSSR count). The van der Waals surface area contributed by atoms with Gasteiger partial charge in [-0.2, -0.15) is 0 Å². The summed E-state index contributed by atoms with van der Waals surface area (Å²) in [7, 11) is 0. The lowest BCUT2D eigenvalue weighted by Crippen LogP contribution is -2.32. The maximum atomic E-state index is 12.6. The van der Waals surface area contributed by atoms with Crippen LogP contribution in [0.5, 0.6) is 0 Å². The molecule has 114 valence electrons. The van der Waals surface area contributed by atoms with Gasteiger partial charge in [-0.05, 0) is 43.5 Å². The van der Waals surface area contributed by atoms with E-state index in [2.05, 4.69) is 6.92 Å². The largest absolute Gasteiger partial charge is 0.478 e. The normalized spacial score (nSPS) is 10.8. The molecule has 0 bridgehead atoms. The number of hydrogen-bond acceptors (Lipinski definition) is 2. The van der Waals surface area contributed by atoms with Crippen molar-refractivity contribution < 1.29 is 14.7 Å². The molecule has 0 aromatic heterocycles. The van der Waals surface area contributed by atoms with E-state index in [1.807, 2.05) is 30.9 Å². The van der Waals surface area contributed by atoms with Gasteiger partial charge in [0.15, 0.2) is 0 Å². The number of benzene rings is 1. The van der Waals surface area contributed by atoms with Crippen LogP contribution in [0.15, 0.2) is 24.3 Å². The van der Waals surface area contributed by atoms with Gasteiger partial charge in [-0.3, -0.25) is 4.79 Å². The van der Waals surface area contributed by atoms with Crippen molar-refractivity contribution in [2.75, 3.05) is 13.1 Å². The van der Waals surface area contributed by atoms with Gasteiger partial charge in [0.2, 0.25) is 0 Å². The van der Waals surface area contributed by atoms with Crippen molar-refractivity contribution >= 4 is 18.0 Å². The molecule has 0 aliphatic heterocycles. The van der Waals surface area contributed by atoms with E-state index in [4.69, 9.17) is 5.11 Å². The van der Waals surface area contributed by atoms with E-state index in [1.54, 1.807) is 6.07 Å². The van der Waals surface area contributed by atoms with Gasteiger partial charge in [0.05, 0.1) is 0 Å². The summed E-state index contributed by atoms with van der Waals surface area (Å²) < 4.78 is 0. The molecule has 0 aliphatic rings. The summed E-state index contributed by atoms with van der Waals surface area (Å²) in [6.07, 6.45) is 4.61. The summed E-state index contributed by atoms with van der Waals surface area (Å²) in [6.45, 7) is 7.39. The number of carboxylic acids is 1. The average Bonchev–Trinajstić information content (AvgIpc) is 2.46. The van der Waals surface area contributed by atoms with Crippen LogP contribution < -0.4 is 0 Å². The van der Waals surface area contributed by atoms with E-state index in [0.717, 1.165) is 36.6 Å². The van der Waals surface area contributed by atoms with Crippen molar-refractivity contribution in [3.63, 3.8) is 0 Å². The maximum Gasteiger partial charge on any atom is 0.328 e. The summed E-state index contributed by atoms with van der Waals surface area (Å²) in [6, 6.07) is 5.42. The molecule has 1 aromatic carbocycles. The number of carboxylic acid groups (broad SMARTS) is 1. The Kier molecular flexibility index (Phi) is 6.66. The summed E-state index contributed by atoms with van der Waals surface area (Å²) in [5, 5.41) is 8.67. The van der Waals surface area contributed by atoms with Crippen molar-refractivity contribution in [2.45, 2.75) is 33.6 Å².